The fraction of sp³-hybridized carbons (Fsp3) is 0.389. The molecule has 0 bridgehead atoms. The Morgan fingerprint density at radius 1 is 1.15 bits per heavy atom. The van der Waals surface area contributed by atoms with Gasteiger partial charge >= 0.3 is 6.03 Å². The largest absolute Gasteiger partial charge is 0.493 e. The standard InChI is InChI=1S/C18H23ClN2O4S/c1-5-21(11-13-6-7-16(19)26-13)18(22)20-10-12-8-14(23-2)17(25-4)15(9-12)24-3/h6-9H,5,10-11H2,1-4H3,(H,20,22). The van der Waals surface area contributed by atoms with Crippen LogP contribution < -0.4 is 19.5 Å². The number of rotatable bonds is 8. The van der Waals surface area contributed by atoms with E-state index in [0.29, 0.717) is 41.2 Å². The molecule has 0 radical (unpaired) electrons. The lowest BCUT2D eigenvalue weighted by Gasteiger charge is -2.21. The van der Waals surface area contributed by atoms with Crippen molar-refractivity contribution in [2.45, 2.75) is 20.0 Å². The lowest BCUT2D eigenvalue weighted by Crippen LogP contribution is -2.38. The predicted octanol–water partition coefficient (Wildman–Crippen LogP) is 4.16. The number of thiophene rings is 1. The third-order valence-corrected chi connectivity index (χ3v) is 5.03. The van der Waals surface area contributed by atoms with Gasteiger partial charge in [0.15, 0.2) is 11.5 Å². The lowest BCUT2D eigenvalue weighted by atomic mass is 10.2. The van der Waals surface area contributed by atoms with E-state index in [1.807, 2.05) is 31.2 Å². The quantitative estimate of drug-likeness (QED) is 0.725. The molecule has 0 saturated carbocycles. The first-order valence-corrected chi connectivity index (χ1v) is 9.27. The van der Waals surface area contributed by atoms with Crippen LogP contribution in [0.4, 0.5) is 4.79 Å². The minimum Gasteiger partial charge on any atom is -0.493 e. The van der Waals surface area contributed by atoms with Gasteiger partial charge in [-0.2, -0.15) is 0 Å². The maximum absolute atomic E-state index is 12.5. The van der Waals surface area contributed by atoms with Crippen LogP contribution in [0.25, 0.3) is 0 Å². The number of urea groups is 1. The van der Waals surface area contributed by atoms with Crippen LogP contribution >= 0.6 is 22.9 Å². The topological polar surface area (TPSA) is 60.0 Å². The second-order valence-corrected chi connectivity index (χ2v) is 7.21. The van der Waals surface area contributed by atoms with Gasteiger partial charge < -0.3 is 24.4 Å². The zero-order chi connectivity index (χ0) is 19.1. The molecule has 6 nitrogen and oxygen atoms in total. The molecule has 0 unspecified atom stereocenters. The zero-order valence-corrected chi connectivity index (χ0v) is 16.9. The van der Waals surface area contributed by atoms with Crippen LogP contribution in [0.1, 0.15) is 17.4 Å². The van der Waals surface area contributed by atoms with Crippen molar-refractivity contribution in [3.05, 3.63) is 39.0 Å². The average Bonchev–Trinajstić information content (AvgIpc) is 3.07. The van der Waals surface area contributed by atoms with Crippen LogP contribution in [-0.4, -0.2) is 38.8 Å². The van der Waals surface area contributed by atoms with Gasteiger partial charge in [0, 0.05) is 18.0 Å². The molecule has 1 aromatic carbocycles. The minimum atomic E-state index is -0.147. The van der Waals surface area contributed by atoms with Crippen LogP contribution in [0, 0.1) is 0 Å². The summed E-state index contributed by atoms with van der Waals surface area (Å²) in [7, 11) is 4.67. The van der Waals surface area contributed by atoms with E-state index in [4.69, 9.17) is 25.8 Å². The van der Waals surface area contributed by atoms with E-state index in [-0.39, 0.29) is 6.03 Å². The van der Waals surface area contributed by atoms with E-state index in [9.17, 15) is 4.79 Å². The van der Waals surface area contributed by atoms with Gasteiger partial charge in [-0.05, 0) is 36.8 Å². The molecular formula is C18H23ClN2O4S. The van der Waals surface area contributed by atoms with E-state index in [0.717, 1.165) is 10.4 Å². The van der Waals surface area contributed by atoms with E-state index < -0.39 is 0 Å². The van der Waals surface area contributed by atoms with Crippen LogP contribution in [0.3, 0.4) is 0 Å². The molecule has 0 aliphatic carbocycles. The fourth-order valence-electron chi connectivity index (χ4n) is 2.48. The zero-order valence-electron chi connectivity index (χ0n) is 15.3. The second-order valence-electron chi connectivity index (χ2n) is 5.41. The van der Waals surface area contributed by atoms with Crippen LogP contribution in [0.15, 0.2) is 24.3 Å². The van der Waals surface area contributed by atoms with E-state index in [2.05, 4.69) is 5.32 Å². The number of amides is 2. The van der Waals surface area contributed by atoms with Gasteiger partial charge in [-0.25, -0.2) is 4.79 Å². The van der Waals surface area contributed by atoms with Crippen molar-refractivity contribution in [1.29, 1.82) is 0 Å². The Labute approximate surface area is 162 Å². The smallest absolute Gasteiger partial charge is 0.317 e. The van der Waals surface area contributed by atoms with Gasteiger partial charge in [-0.3, -0.25) is 0 Å². The SMILES string of the molecule is CCN(Cc1ccc(Cl)s1)C(=O)NCc1cc(OC)c(OC)c(OC)c1. The Morgan fingerprint density at radius 2 is 1.81 bits per heavy atom. The number of benzene rings is 1. The maximum Gasteiger partial charge on any atom is 0.317 e. The number of ether oxygens (including phenoxy) is 3. The molecule has 2 amide bonds. The summed E-state index contributed by atoms with van der Waals surface area (Å²) in [5, 5.41) is 2.92. The van der Waals surface area contributed by atoms with Gasteiger partial charge in [0.05, 0.1) is 32.2 Å². The lowest BCUT2D eigenvalue weighted by molar-refractivity contribution is 0.198. The van der Waals surface area contributed by atoms with Crippen molar-refractivity contribution in [3.8, 4) is 17.2 Å². The number of nitrogens with one attached hydrogen (secondary N) is 1. The monoisotopic (exact) mass is 398 g/mol. The summed E-state index contributed by atoms with van der Waals surface area (Å²) in [6, 6.07) is 7.25. The van der Waals surface area contributed by atoms with E-state index >= 15 is 0 Å². The van der Waals surface area contributed by atoms with Crippen LogP contribution in [0.5, 0.6) is 17.2 Å². The van der Waals surface area contributed by atoms with Gasteiger partial charge in [-0.1, -0.05) is 11.6 Å². The number of carbonyl (C=O) groups is 1. The number of hydrogen-bond donors (Lipinski definition) is 1. The Kier molecular flexibility index (Phi) is 7.41. The predicted molar refractivity (Wildman–Crippen MR) is 104 cm³/mol. The Hall–Kier alpha value is -2.12. The van der Waals surface area contributed by atoms with E-state index in [1.165, 1.54) is 11.3 Å². The minimum absolute atomic E-state index is 0.147. The molecular weight excluding hydrogens is 376 g/mol. The number of halogens is 1. The summed E-state index contributed by atoms with van der Waals surface area (Å²) in [5.74, 6) is 1.63. The molecule has 0 aliphatic heterocycles. The number of hydrogen-bond acceptors (Lipinski definition) is 5. The summed E-state index contributed by atoms with van der Waals surface area (Å²) < 4.78 is 16.7. The molecule has 26 heavy (non-hydrogen) atoms. The highest BCUT2D eigenvalue weighted by Crippen LogP contribution is 2.38. The van der Waals surface area contributed by atoms with Crippen molar-refractivity contribution in [1.82, 2.24) is 10.2 Å². The first-order valence-electron chi connectivity index (χ1n) is 8.08. The van der Waals surface area contributed by atoms with Crippen molar-refractivity contribution < 1.29 is 19.0 Å². The number of methoxy groups -OCH3 is 3. The molecule has 2 rings (SSSR count). The maximum atomic E-state index is 12.5. The molecule has 8 heteroatoms. The molecule has 1 aromatic heterocycles. The molecule has 0 saturated heterocycles. The van der Waals surface area contributed by atoms with Crippen LogP contribution in [-0.2, 0) is 13.1 Å². The summed E-state index contributed by atoms with van der Waals surface area (Å²) >= 11 is 7.43. The highest BCUT2D eigenvalue weighted by atomic mass is 35.5. The van der Waals surface area contributed by atoms with Crippen molar-refractivity contribution in [2.24, 2.45) is 0 Å². The summed E-state index contributed by atoms with van der Waals surface area (Å²) in [4.78, 5) is 15.3. The Bertz CT molecular complexity index is 726. The third-order valence-electron chi connectivity index (χ3n) is 3.81. The Balaban J connectivity index is 2.05. The molecule has 0 fully saturated rings. The second kappa shape index (κ2) is 9.54. The number of nitrogens with zero attached hydrogens (tertiary/aromatic N) is 1. The summed E-state index contributed by atoms with van der Waals surface area (Å²) in [5.41, 5.74) is 0.850. The molecule has 142 valence electrons. The van der Waals surface area contributed by atoms with Gasteiger partial charge in [0.1, 0.15) is 0 Å². The summed E-state index contributed by atoms with van der Waals surface area (Å²) in [6.07, 6.45) is 0. The first-order chi connectivity index (χ1) is 12.5. The van der Waals surface area contributed by atoms with E-state index in [1.54, 1.807) is 26.2 Å². The average molecular weight is 399 g/mol. The highest BCUT2D eigenvalue weighted by molar-refractivity contribution is 7.16. The van der Waals surface area contributed by atoms with Crippen molar-refractivity contribution in [2.75, 3.05) is 27.9 Å². The molecule has 0 aliphatic rings. The summed E-state index contributed by atoms with van der Waals surface area (Å²) in [6.45, 7) is 3.40. The molecule has 0 atom stereocenters. The Morgan fingerprint density at radius 3 is 2.27 bits per heavy atom. The third kappa shape index (κ3) is 4.95. The van der Waals surface area contributed by atoms with Gasteiger partial charge in [0.2, 0.25) is 5.75 Å². The van der Waals surface area contributed by atoms with Crippen LogP contribution in [0.2, 0.25) is 4.34 Å². The fourth-order valence-corrected chi connectivity index (χ4v) is 3.58. The molecule has 2 aromatic rings. The van der Waals surface area contributed by atoms with Gasteiger partial charge in [0.25, 0.3) is 0 Å². The van der Waals surface area contributed by atoms with Crippen molar-refractivity contribution >= 4 is 29.0 Å². The molecule has 0 spiro atoms. The van der Waals surface area contributed by atoms with Gasteiger partial charge in [-0.15, -0.1) is 11.3 Å². The highest BCUT2D eigenvalue weighted by Gasteiger charge is 2.16. The first kappa shape index (κ1) is 20.2. The molecule has 1 N–H and O–H groups in total. The molecule has 1 heterocycles. The van der Waals surface area contributed by atoms with Crippen molar-refractivity contribution in [3.63, 3.8) is 0 Å². The number of carbonyl (C=O) groups excluding carboxylic acids is 1. The normalized spacial score (nSPS) is 10.3.